The molecule has 2 rings (SSSR count). The number of aromatic hydroxyl groups is 2. The zero-order valence-electron chi connectivity index (χ0n) is 12.1. The second kappa shape index (κ2) is 6.93. The summed E-state index contributed by atoms with van der Waals surface area (Å²) in [5.74, 6) is -0.982. The van der Waals surface area contributed by atoms with E-state index in [1.54, 1.807) is 0 Å². The zero-order valence-corrected chi connectivity index (χ0v) is 12.1. The van der Waals surface area contributed by atoms with Crippen molar-refractivity contribution < 1.29 is 24.6 Å². The average molecular weight is 306 g/mol. The van der Waals surface area contributed by atoms with E-state index in [1.165, 1.54) is 29.2 Å². The smallest absolute Gasteiger partial charge is 0.253 e. The van der Waals surface area contributed by atoms with Gasteiger partial charge < -0.3 is 10.2 Å². The fraction of sp³-hybridized carbons (Fsp3) is 0.400. The molecule has 1 aliphatic rings. The minimum atomic E-state index is -0.292. The van der Waals surface area contributed by atoms with Crippen molar-refractivity contribution in [2.75, 3.05) is 6.54 Å². The minimum Gasteiger partial charge on any atom is -0.494 e. The van der Waals surface area contributed by atoms with E-state index < -0.39 is 0 Å². The molecule has 0 aromatic carbocycles. The number of amides is 2. The highest BCUT2D eigenvalue weighted by molar-refractivity contribution is 6.12. The number of aromatic nitrogens is 1. The van der Waals surface area contributed by atoms with E-state index in [4.69, 9.17) is 0 Å². The van der Waals surface area contributed by atoms with Crippen LogP contribution in [-0.2, 0) is 20.9 Å². The van der Waals surface area contributed by atoms with Gasteiger partial charge in [0, 0.05) is 37.3 Å². The molecule has 0 fully saturated rings. The Morgan fingerprint density at radius 1 is 0.955 bits per heavy atom. The molecule has 0 unspecified atom stereocenters. The largest absolute Gasteiger partial charge is 0.494 e. The lowest BCUT2D eigenvalue weighted by atomic mass is 10.1. The van der Waals surface area contributed by atoms with Crippen molar-refractivity contribution >= 4 is 17.6 Å². The monoisotopic (exact) mass is 306 g/mol. The molecule has 0 aliphatic carbocycles. The lowest BCUT2D eigenvalue weighted by Crippen LogP contribution is -2.30. The third-order valence-electron chi connectivity index (χ3n) is 3.51. The Hall–Kier alpha value is -2.57. The first-order chi connectivity index (χ1) is 10.5. The fourth-order valence-electron chi connectivity index (χ4n) is 2.28. The van der Waals surface area contributed by atoms with Crippen LogP contribution in [0.2, 0.25) is 0 Å². The van der Waals surface area contributed by atoms with Gasteiger partial charge in [0.25, 0.3) is 11.8 Å². The molecule has 2 heterocycles. The summed E-state index contributed by atoms with van der Waals surface area (Å²) in [6.45, 7) is 0.287. The number of nitrogens with zero attached hydrogens (tertiary/aromatic N) is 2. The van der Waals surface area contributed by atoms with E-state index in [0.29, 0.717) is 32.2 Å². The van der Waals surface area contributed by atoms with Crippen molar-refractivity contribution in [3.63, 3.8) is 0 Å². The second-order valence-electron chi connectivity index (χ2n) is 5.15. The number of unbranched alkanes of at least 4 members (excludes halogenated alkanes) is 2. The van der Waals surface area contributed by atoms with E-state index in [0.717, 1.165) is 4.57 Å². The molecule has 1 aliphatic heterocycles. The Kier molecular flexibility index (Phi) is 4.98. The molecule has 7 nitrogen and oxygen atoms in total. The van der Waals surface area contributed by atoms with Crippen molar-refractivity contribution in [1.29, 1.82) is 0 Å². The van der Waals surface area contributed by atoms with Crippen molar-refractivity contribution in [2.24, 2.45) is 0 Å². The maximum Gasteiger partial charge on any atom is 0.253 e. The molecule has 2 N–H and O–H groups in total. The number of carbonyl (C=O) groups excluding carboxylic acids is 3. The first-order valence-electron chi connectivity index (χ1n) is 7.11. The summed E-state index contributed by atoms with van der Waals surface area (Å²) in [5.41, 5.74) is 0. The second-order valence-corrected chi connectivity index (χ2v) is 5.15. The van der Waals surface area contributed by atoms with Gasteiger partial charge in [-0.1, -0.05) is 6.42 Å². The van der Waals surface area contributed by atoms with Crippen LogP contribution in [0.4, 0.5) is 0 Å². The maximum atomic E-state index is 11.8. The highest BCUT2D eigenvalue weighted by atomic mass is 16.3. The van der Waals surface area contributed by atoms with Gasteiger partial charge in [-0.3, -0.25) is 23.9 Å². The maximum absolute atomic E-state index is 11.8. The summed E-state index contributed by atoms with van der Waals surface area (Å²) in [4.78, 5) is 35.6. The van der Waals surface area contributed by atoms with Crippen LogP contribution in [-0.4, -0.2) is 43.8 Å². The van der Waals surface area contributed by atoms with Crippen LogP contribution in [0.25, 0.3) is 0 Å². The van der Waals surface area contributed by atoms with Crippen LogP contribution >= 0.6 is 0 Å². The van der Waals surface area contributed by atoms with Gasteiger partial charge in [0.1, 0.15) is 0 Å². The summed E-state index contributed by atoms with van der Waals surface area (Å²) in [5, 5.41) is 18.9. The van der Waals surface area contributed by atoms with E-state index in [9.17, 15) is 24.6 Å². The molecule has 0 saturated carbocycles. The number of hydrogen-bond donors (Lipinski definition) is 2. The molecule has 2 amide bonds. The first kappa shape index (κ1) is 15.8. The molecule has 7 heteroatoms. The molecular weight excluding hydrogens is 288 g/mol. The van der Waals surface area contributed by atoms with Crippen LogP contribution < -0.4 is 0 Å². The van der Waals surface area contributed by atoms with E-state index in [-0.39, 0.29) is 35.9 Å². The van der Waals surface area contributed by atoms with Gasteiger partial charge in [-0.05, 0) is 12.8 Å². The van der Waals surface area contributed by atoms with Gasteiger partial charge >= 0.3 is 0 Å². The molecule has 118 valence electrons. The van der Waals surface area contributed by atoms with Crippen molar-refractivity contribution in [3.8, 4) is 11.8 Å². The van der Waals surface area contributed by atoms with E-state index >= 15 is 0 Å². The van der Waals surface area contributed by atoms with Crippen molar-refractivity contribution in [1.82, 2.24) is 9.47 Å². The number of imide groups is 1. The molecule has 1 aromatic rings. The summed E-state index contributed by atoms with van der Waals surface area (Å²) < 4.78 is 1.13. The average Bonchev–Trinajstić information content (AvgIpc) is 2.96. The number of carbonyl (C=O) groups is 3. The predicted octanol–water partition coefficient (Wildman–Crippen LogP) is 0.954. The minimum absolute atomic E-state index is 0.0717. The van der Waals surface area contributed by atoms with Crippen LogP contribution in [0.3, 0.4) is 0 Å². The SMILES string of the molecule is O=C(CCCCCN1C(=O)C=CC1=O)Cn1c(O)ccc1O. The number of rotatable bonds is 8. The third kappa shape index (κ3) is 3.75. The highest BCUT2D eigenvalue weighted by Crippen LogP contribution is 2.21. The first-order valence-corrected chi connectivity index (χ1v) is 7.11. The van der Waals surface area contributed by atoms with Gasteiger partial charge in [-0.25, -0.2) is 0 Å². The zero-order chi connectivity index (χ0) is 16.1. The van der Waals surface area contributed by atoms with Gasteiger partial charge in [-0.15, -0.1) is 0 Å². The molecular formula is C15H18N2O5. The standard InChI is InChI=1S/C15H18N2O5/c18-11(10-17-14(21)7-8-15(17)22)4-2-1-3-9-16-12(19)5-6-13(16)20/h5-8,21-22H,1-4,9-10H2. The molecule has 22 heavy (non-hydrogen) atoms. The fourth-order valence-corrected chi connectivity index (χ4v) is 2.28. The molecule has 0 saturated heterocycles. The van der Waals surface area contributed by atoms with Gasteiger partial charge in [0.15, 0.2) is 17.5 Å². The van der Waals surface area contributed by atoms with E-state index in [1.807, 2.05) is 0 Å². The Labute approximate surface area is 127 Å². The van der Waals surface area contributed by atoms with Gasteiger partial charge in [0.05, 0.1) is 6.54 Å². The molecule has 0 bridgehead atoms. The third-order valence-corrected chi connectivity index (χ3v) is 3.51. The van der Waals surface area contributed by atoms with Gasteiger partial charge in [-0.2, -0.15) is 0 Å². The lowest BCUT2D eigenvalue weighted by molar-refractivity contribution is -0.136. The summed E-state index contributed by atoms with van der Waals surface area (Å²) in [6, 6.07) is 2.64. The molecule has 0 atom stereocenters. The van der Waals surface area contributed by atoms with Gasteiger partial charge in [0.2, 0.25) is 0 Å². The van der Waals surface area contributed by atoms with Crippen molar-refractivity contribution in [3.05, 3.63) is 24.3 Å². The number of ketones is 1. The lowest BCUT2D eigenvalue weighted by Gasteiger charge is -2.13. The Morgan fingerprint density at radius 3 is 2.14 bits per heavy atom. The molecule has 1 aromatic heterocycles. The Bertz CT molecular complexity index is 580. The summed E-state index contributed by atoms with van der Waals surface area (Å²) in [6.07, 6.45) is 4.81. The quantitative estimate of drug-likeness (QED) is 0.550. The van der Waals surface area contributed by atoms with E-state index in [2.05, 4.69) is 0 Å². The van der Waals surface area contributed by atoms with Crippen LogP contribution in [0.15, 0.2) is 24.3 Å². The topological polar surface area (TPSA) is 99.8 Å². The Balaban J connectivity index is 1.64. The number of hydrogen-bond acceptors (Lipinski definition) is 5. The summed E-state index contributed by atoms with van der Waals surface area (Å²) >= 11 is 0. The highest BCUT2D eigenvalue weighted by Gasteiger charge is 2.22. The predicted molar refractivity (Wildman–Crippen MR) is 77.1 cm³/mol. The normalized spacial score (nSPS) is 14.1. The van der Waals surface area contributed by atoms with Crippen molar-refractivity contribution in [2.45, 2.75) is 32.2 Å². The Morgan fingerprint density at radius 2 is 1.55 bits per heavy atom. The van der Waals surface area contributed by atoms with Crippen LogP contribution in [0, 0.1) is 0 Å². The number of Topliss-reactive ketones (excluding diaryl/α,β-unsaturated/α-hetero) is 1. The molecule has 0 spiro atoms. The van der Waals surface area contributed by atoms with Crippen LogP contribution in [0.1, 0.15) is 25.7 Å². The van der Waals surface area contributed by atoms with Crippen LogP contribution in [0.5, 0.6) is 11.8 Å². The molecule has 0 radical (unpaired) electrons. The summed E-state index contributed by atoms with van der Waals surface area (Å²) in [7, 11) is 0.